The number of fused-ring (bicyclic) bond motifs is 1. The highest BCUT2D eigenvalue weighted by molar-refractivity contribution is 5.98. The molecule has 1 saturated carbocycles. The van der Waals surface area contributed by atoms with Crippen LogP contribution in [0.4, 0.5) is 5.69 Å². The maximum atomic E-state index is 13.2. The zero-order valence-electron chi connectivity index (χ0n) is 17.5. The minimum absolute atomic E-state index is 0.113. The first kappa shape index (κ1) is 20.2. The molecule has 5 nitrogen and oxygen atoms in total. The van der Waals surface area contributed by atoms with Gasteiger partial charge < -0.3 is 20.4 Å². The van der Waals surface area contributed by atoms with Gasteiger partial charge in [-0.1, -0.05) is 31.4 Å². The number of aryl methyl sites for hydroxylation is 1. The standard InChI is InChI=1S/C25H29N3O2/c1-18-14-24-23(25(29)28(17-30-24)22-6-3-2-4-7-22)16-20(18)15-19-8-10-21(11-9-19)27-13-5-12-26/h5,8-14,16,22,26-27H,2-4,6-7,15,17H2,1H3/b13-5-,26-12?. The molecule has 4 rings (SSSR count). The zero-order valence-corrected chi connectivity index (χ0v) is 17.5. The molecule has 0 aromatic heterocycles. The van der Waals surface area contributed by atoms with Crippen molar-refractivity contribution in [1.82, 2.24) is 4.90 Å². The van der Waals surface area contributed by atoms with E-state index in [9.17, 15) is 4.79 Å². The second-order valence-corrected chi connectivity index (χ2v) is 8.16. The Hall–Kier alpha value is -3.08. The number of carbonyl (C=O) groups is 1. The first-order chi connectivity index (χ1) is 14.7. The molecule has 0 bridgehead atoms. The largest absolute Gasteiger partial charge is 0.472 e. The molecule has 0 radical (unpaired) electrons. The van der Waals surface area contributed by atoms with Crippen molar-refractivity contribution in [1.29, 1.82) is 5.41 Å². The summed E-state index contributed by atoms with van der Waals surface area (Å²) in [7, 11) is 0. The molecule has 5 heteroatoms. The van der Waals surface area contributed by atoms with Gasteiger partial charge in [-0.15, -0.1) is 0 Å². The van der Waals surface area contributed by atoms with Gasteiger partial charge in [0, 0.05) is 24.1 Å². The van der Waals surface area contributed by atoms with E-state index < -0.39 is 0 Å². The lowest BCUT2D eigenvalue weighted by atomic mass is 9.92. The Balaban J connectivity index is 1.51. The van der Waals surface area contributed by atoms with Gasteiger partial charge in [0.2, 0.25) is 0 Å². The number of hydrogen-bond acceptors (Lipinski definition) is 4. The first-order valence-corrected chi connectivity index (χ1v) is 10.7. The number of rotatable bonds is 6. The summed E-state index contributed by atoms with van der Waals surface area (Å²) in [5.41, 5.74) is 5.16. The Morgan fingerprint density at radius 1 is 1.17 bits per heavy atom. The number of hydrogen-bond donors (Lipinski definition) is 2. The van der Waals surface area contributed by atoms with Gasteiger partial charge >= 0.3 is 0 Å². The summed E-state index contributed by atoms with van der Waals surface area (Å²) in [6.45, 7) is 2.45. The van der Waals surface area contributed by atoms with Gasteiger partial charge in [0.25, 0.3) is 5.91 Å². The number of anilines is 1. The van der Waals surface area contributed by atoms with Crippen LogP contribution in [0.2, 0.25) is 0 Å². The highest BCUT2D eigenvalue weighted by atomic mass is 16.5. The van der Waals surface area contributed by atoms with E-state index in [4.69, 9.17) is 10.1 Å². The summed E-state index contributed by atoms with van der Waals surface area (Å²) in [5, 5.41) is 10.1. The Morgan fingerprint density at radius 2 is 1.93 bits per heavy atom. The fraction of sp³-hybridized carbons (Fsp3) is 0.360. The maximum Gasteiger partial charge on any atom is 0.260 e. The first-order valence-electron chi connectivity index (χ1n) is 10.7. The van der Waals surface area contributed by atoms with Crippen LogP contribution in [0.5, 0.6) is 5.75 Å². The van der Waals surface area contributed by atoms with E-state index in [2.05, 4.69) is 24.4 Å². The molecular formula is C25H29N3O2. The second kappa shape index (κ2) is 9.16. The molecule has 0 unspecified atom stereocenters. The number of carbonyl (C=O) groups excluding carboxylic acids is 1. The number of amides is 1. The van der Waals surface area contributed by atoms with Crippen LogP contribution in [0.1, 0.15) is 59.2 Å². The van der Waals surface area contributed by atoms with Crippen LogP contribution in [0.25, 0.3) is 0 Å². The minimum Gasteiger partial charge on any atom is -0.472 e. The Morgan fingerprint density at radius 3 is 2.67 bits per heavy atom. The normalized spacial score (nSPS) is 17.0. The van der Waals surface area contributed by atoms with Gasteiger partial charge in [0.1, 0.15) is 5.75 Å². The number of nitrogens with zero attached hydrogens (tertiary/aromatic N) is 1. The van der Waals surface area contributed by atoms with Gasteiger partial charge in [-0.2, -0.15) is 0 Å². The van der Waals surface area contributed by atoms with Crippen LogP contribution in [0.15, 0.2) is 48.7 Å². The van der Waals surface area contributed by atoms with Gasteiger partial charge in [-0.25, -0.2) is 0 Å². The molecule has 30 heavy (non-hydrogen) atoms. The van der Waals surface area contributed by atoms with Crippen molar-refractivity contribution >= 4 is 17.8 Å². The number of benzene rings is 2. The molecule has 2 aliphatic rings. The Labute approximate surface area is 178 Å². The molecule has 0 atom stereocenters. The molecule has 2 aromatic rings. The van der Waals surface area contributed by atoms with Gasteiger partial charge in [-0.05, 0) is 73.2 Å². The predicted molar refractivity (Wildman–Crippen MR) is 121 cm³/mol. The molecule has 1 fully saturated rings. The number of allylic oxidation sites excluding steroid dienone is 1. The highest BCUT2D eigenvalue weighted by Crippen LogP contribution is 2.33. The van der Waals surface area contributed by atoms with Crippen LogP contribution in [-0.2, 0) is 6.42 Å². The van der Waals surface area contributed by atoms with E-state index in [0.29, 0.717) is 24.1 Å². The summed E-state index contributed by atoms with van der Waals surface area (Å²) >= 11 is 0. The summed E-state index contributed by atoms with van der Waals surface area (Å²) in [6, 6.07) is 12.6. The molecule has 2 aromatic carbocycles. The van der Waals surface area contributed by atoms with Crippen molar-refractivity contribution in [2.45, 2.75) is 51.5 Å². The van der Waals surface area contributed by atoms with E-state index in [1.165, 1.54) is 31.0 Å². The molecule has 1 amide bonds. The van der Waals surface area contributed by atoms with Crippen LogP contribution < -0.4 is 10.1 Å². The summed E-state index contributed by atoms with van der Waals surface area (Å²) in [6.07, 6.45) is 11.2. The topological polar surface area (TPSA) is 65.4 Å². The third-order valence-corrected chi connectivity index (χ3v) is 6.09. The van der Waals surface area contributed by atoms with E-state index in [1.54, 1.807) is 12.3 Å². The van der Waals surface area contributed by atoms with Gasteiger partial charge in [0.15, 0.2) is 6.73 Å². The van der Waals surface area contributed by atoms with Crippen molar-refractivity contribution in [2.75, 3.05) is 12.0 Å². The molecule has 156 valence electrons. The van der Waals surface area contributed by atoms with Gasteiger partial charge in [0.05, 0.1) is 5.56 Å². The van der Waals surface area contributed by atoms with E-state index in [1.807, 2.05) is 29.2 Å². The molecule has 1 aliphatic carbocycles. The fourth-order valence-electron chi connectivity index (χ4n) is 4.35. The zero-order chi connectivity index (χ0) is 20.9. The third-order valence-electron chi connectivity index (χ3n) is 6.09. The van der Waals surface area contributed by atoms with Crippen molar-refractivity contribution in [3.05, 3.63) is 70.9 Å². The molecule has 1 aliphatic heterocycles. The maximum absolute atomic E-state index is 13.2. The van der Waals surface area contributed by atoms with Crippen LogP contribution in [0, 0.1) is 12.3 Å². The van der Waals surface area contributed by atoms with Crippen molar-refractivity contribution in [2.24, 2.45) is 0 Å². The lowest BCUT2D eigenvalue weighted by molar-refractivity contribution is 0.0319. The SMILES string of the molecule is Cc1cc2c(cc1Cc1ccc(N/C=C\C=N)cc1)C(=O)N(C1CCCCC1)CO2. The lowest BCUT2D eigenvalue weighted by Crippen LogP contribution is -2.46. The van der Waals surface area contributed by atoms with E-state index in [-0.39, 0.29) is 5.91 Å². The molecular weight excluding hydrogens is 374 g/mol. The minimum atomic E-state index is 0.113. The number of ether oxygens (including phenoxy) is 1. The van der Waals surface area contributed by atoms with Crippen LogP contribution in [-0.4, -0.2) is 29.8 Å². The molecule has 0 spiro atoms. The van der Waals surface area contributed by atoms with Crippen LogP contribution in [0.3, 0.4) is 0 Å². The molecule has 2 N–H and O–H groups in total. The third kappa shape index (κ3) is 4.40. The quantitative estimate of drug-likeness (QED) is 0.645. The fourth-order valence-corrected chi connectivity index (χ4v) is 4.35. The average Bonchev–Trinajstić information content (AvgIpc) is 2.77. The second-order valence-electron chi connectivity index (χ2n) is 8.16. The summed E-state index contributed by atoms with van der Waals surface area (Å²) in [4.78, 5) is 15.2. The average molecular weight is 404 g/mol. The van der Waals surface area contributed by atoms with Gasteiger partial charge in [-0.3, -0.25) is 4.79 Å². The van der Waals surface area contributed by atoms with Crippen molar-refractivity contribution < 1.29 is 9.53 Å². The molecule has 1 heterocycles. The highest BCUT2D eigenvalue weighted by Gasteiger charge is 2.32. The smallest absolute Gasteiger partial charge is 0.260 e. The van der Waals surface area contributed by atoms with Crippen molar-refractivity contribution in [3.63, 3.8) is 0 Å². The van der Waals surface area contributed by atoms with E-state index >= 15 is 0 Å². The summed E-state index contributed by atoms with van der Waals surface area (Å²) < 4.78 is 5.98. The monoisotopic (exact) mass is 403 g/mol. The predicted octanol–water partition coefficient (Wildman–Crippen LogP) is 5.29. The van der Waals surface area contributed by atoms with Crippen LogP contribution >= 0.6 is 0 Å². The summed E-state index contributed by atoms with van der Waals surface area (Å²) in [5.74, 6) is 0.827. The van der Waals surface area contributed by atoms with E-state index in [0.717, 1.165) is 36.1 Å². The Kier molecular flexibility index (Phi) is 6.17. The molecule has 0 saturated heterocycles. The number of nitrogens with one attached hydrogen (secondary N) is 2. The lowest BCUT2D eigenvalue weighted by Gasteiger charge is -2.37. The van der Waals surface area contributed by atoms with Crippen molar-refractivity contribution in [3.8, 4) is 5.75 Å². The Bertz CT molecular complexity index is 944.